The molecule has 0 heterocycles. The molecule has 2 aromatic rings. The van der Waals surface area contributed by atoms with Crippen LogP contribution in [0.15, 0.2) is 41.3 Å². The molecule has 0 atom stereocenters. The van der Waals surface area contributed by atoms with E-state index in [2.05, 4.69) is 0 Å². The van der Waals surface area contributed by atoms with Crippen molar-refractivity contribution >= 4 is 27.3 Å². The lowest BCUT2D eigenvalue weighted by Gasteiger charge is -2.10. The first-order valence-corrected chi connectivity index (χ1v) is 7.38. The molecule has 0 bridgehead atoms. The maximum absolute atomic E-state index is 13.6. The van der Waals surface area contributed by atoms with E-state index >= 15 is 0 Å². The summed E-state index contributed by atoms with van der Waals surface area (Å²) in [7, 11) is -4.33. The second-order valence-corrected chi connectivity index (χ2v) is 6.04. The summed E-state index contributed by atoms with van der Waals surface area (Å²) in [6.07, 6.45) is 0. The number of nitrogens with zero attached hydrogens (tertiary/aromatic N) is 1. The van der Waals surface area contributed by atoms with Crippen molar-refractivity contribution in [2.75, 3.05) is 4.72 Å². The number of nitriles is 1. The molecule has 0 fully saturated rings. The molecule has 0 radical (unpaired) electrons. The monoisotopic (exact) mass is 328 g/mol. The van der Waals surface area contributed by atoms with E-state index in [9.17, 15) is 17.2 Å². The van der Waals surface area contributed by atoms with Gasteiger partial charge in [-0.1, -0.05) is 17.7 Å². The summed E-state index contributed by atoms with van der Waals surface area (Å²) in [4.78, 5) is -0.579. The van der Waals surface area contributed by atoms with Gasteiger partial charge in [0.05, 0.1) is 5.69 Å². The second kappa shape index (κ2) is 5.68. The van der Waals surface area contributed by atoms with E-state index in [0.29, 0.717) is 0 Å². The molecular weight excluding hydrogens is 322 g/mol. The summed E-state index contributed by atoms with van der Waals surface area (Å²) in [6.45, 7) is 0. The zero-order valence-corrected chi connectivity index (χ0v) is 11.8. The number of nitrogens with one attached hydrogen (secondary N) is 1. The van der Waals surface area contributed by atoms with Gasteiger partial charge in [-0.3, -0.25) is 4.72 Å². The topological polar surface area (TPSA) is 70.0 Å². The van der Waals surface area contributed by atoms with Gasteiger partial charge < -0.3 is 0 Å². The fourth-order valence-electron chi connectivity index (χ4n) is 1.61. The molecule has 2 aromatic carbocycles. The van der Waals surface area contributed by atoms with Crippen molar-refractivity contribution in [3.63, 3.8) is 0 Å². The van der Waals surface area contributed by atoms with Crippen LogP contribution in [-0.2, 0) is 10.0 Å². The maximum atomic E-state index is 13.6. The molecule has 0 aliphatic rings. The average molecular weight is 329 g/mol. The lowest BCUT2D eigenvalue weighted by Crippen LogP contribution is -2.16. The van der Waals surface area contributed by atoms with Gasteiger partial charge in [0.2, 0.25) is 0 Å². The van der Waals surface area contributed by atoms with Crippen LogP contribution in [0, 0.1) is 23.0 Å². The minimum atomic E-state index is -4.33. The lowest BCUT2D eigenvalue weighted by molar-refractivity contribution is 0.592. The lowest BCUT2D eigenvalue weighted by atomic mass is 10.2. The van der Waals surface area contributed by atoms with Crippen LogP contribution in [0.3, 0.4) is 0 Å². The summed E-state index contributed by atoms with van der Waals surface area (Å²) < 4.78 is 53.3. The summed E-state index contributed by atoms with van der Waals surface area (Å²) in [6, 6.07) is 7.91. The van der Waals surface area contributed by atoms with Crippen molar-refractivity contribution in [1.29, 1.82) is 5.26 Å². The molecule has 0 spiro atoms. The first-order valence-electron chi connectivity index (χ1n) is 5.51. The normalized spacial score (nSPS) is 11.0. The van der Waals surface area contributed by atoms with Gasteiger partial charge in [-0.15, -0.1) is 0 Å². The van der Waals surface area contributed by atoms with Gasteiger partial charge in [0.15, 0.2) is 0 Å². The summed E-state index contributed by atoms with van der Waals surface area (Å²) in [5, 5.41) is 8.97. The Hall–Kier alpha value is -2.17. The maximum Gasteiger partial charge on any atom is 0.263 e. The average Bonchev–Trinajstić information content (AvgIpc) is 2.42. The van der Waals surface area contributed by atoms with Crippen LogP contribution in [0.5, 0.6) is 0 Å². The van der Waals surface area contributed by atoms with Crippen LogP contribution >= 0.6 is 11.6 Å². The molecule has 0 unspecified atom stereocenters. The van der Waals surface area contributed by atoms with E-state index in [4.69, 9.17) is 16.9 Å². The number of benzene rings is 2. The number of anilines is 1. The Morgan fingerprint density at radius 3 is 2.52 bits per heavy atom. The van der Waals surface area contributed by atoms with Gasteiger partial charge in [0.25, 0.3) is 10.0 Å². The van der Waals surface area contributed by atoms with Gasteiger partial charge in [-0.2, -0.15) is 5.26 Å². The Morgan fingerprint density at radius 2 is 1.86 bits per heavy atom. The minimum absolute atomic E-state index is 0.119. The van der Waals surface area contributed by atoms with Crippen molar-refractivity contribution in [1.82, 2.24) is 0 Å². The van der Waals surface area contributed by atoms with Crippen molar-refractivity contribution in [3.8, 4) is 6.07 Å². The highest BCUT2D eigenvalue weighted by Crippen LogP contribution is 2.25. The summed E-state index contributed by atoms with van der Waals surface area (Å²) in [5.41, 5.74) is -1.04. The molecule has 4 nitrogen and oxygen atoms in total. The number of halogens is 3. The zero-order valence-electron chi connectivity index (χ0n) is 10.3. The molecule has 108 valence electrons. The van der Waals surface area contributed by atoms with E-state index in [1.807, 2.05) is 4.72 Å². The molecule has 0 aliphatic heterocycles. The predicted octanol–water partition coefficient (Wildman–Crippen LogP) is 3.29. The molecule has 0 amide bonds. The molecule has 2 rings (SSSR count). The van der Waals surface area contributed by atoms with E-state index in [0.717, 1.165) is 30.3 Å². The van der Waals surface area contributed by atoms with Crippen molar-refractivity contribution in [3.05, 3.63) is 58.6 Å². The number of sulfonamides is 1. The van der Waals surface area contributed by atoms with E-state index < -0.39 is 37.8 Å². The number of hydrogen-bond acceptors (Lipinski definition) is 3. The molecule has 1 N–H and O–H groups in total. The van der Waals surface area contributed by atoms with Crippen molar-refractivity contribution < 1.29 is 17.2 Å². The Morgan fingerprint density at radius 1 is 1.14 bits per heavy atom. The van der Waals surface area contributed by atoms with E-state index in [-0.39, 0.29) is 5.02 Å². The standard InChI is InChI=1S/C13H7ClF2N2O2S/c14-8-4-5-11(16)12(6-8)18-21(19,20)13-3-1-2-10(15)9(13)7-17/h1-6,18H. The van der Waals surface area contributed by atoms with Gasteiger partial charge >= 0.3 is 0 Å². The molecular formula is C13H7ClF2N2O2S. The highest BCUT2D eigenvalue weighted by molar-refractivity contribution is 7.92. The summed E-state index contributed by atoms with van der Waals surface area (Å²) >= 11 is 5.66. The highest BCUT2D eigenvalue weighted by atomic mass is 35.5. The molecule has 0 aliphatic carbocycles. The molecule has 0 aromatic heterocycles. The van der Waals surface area contributed by atoms with Crippen molar-refractivity contribution in [2.45, 2.75) is 4.90 Å². The predicted molar refractivity (Wildman–Crippen MR) is 73.3 cm³/mol. The van der Waals surface area contributed by atoms with E-state index in [1.54, 1.807) is 0 Å². The third-order valence-corrected chi connectivity index (χ3v) is 4.19. The molecule has 21 heavy (non-hydrogen) atoms. The van der Waals surface area contributed by atoms with E-state index in [1.165, 1.54) is 12.1 Å². The largest absolute Gasteiger partial charge is 0.277 e. The summed E-state index contributed by atoms with van der Waals surface area (Å²) in [5.74, 6) is -1.83. The van der Waals surface area contributed by atoms with Gasteiger partial charge in [-0.25, -0.2) is 17.2 Å². The number of hydrogen-bond donors (Lipinski definition) is 1. The smallest absolute Gasteiger partial charge is 0.263 e. The SMILES string of the molecule is N#Cc1c(F)cccc1S(=O)(=O)Nc1cc(Cl)ccc1F. The molecule has 8 heteroatoms. The molecule has 0 saturated heterocycles. The first kappa shape index (κ1) is 15.2. The Kier molecular flexibility index (Phi) is 4.11. The van der Waals surface area contributed by atoms with Crippen LogP contribution in [0.4, 0.5) is 14.5 Å². The fourth-order valence-corrected chi connectivity index (χ4v) is 3.01. The third-order valence-electron chi connectivity index (χ3n) is 2.55. The van der Waals surface area contributed by atoms with Gasteiger partial charge in [-0.05, 0) is 30.3 Å². The third kappa shape index (κ3) is 3.12. The second-order valence-electron chi connectivity index (χ2n) is 3.95. The van der Waals surface area contributed by atoms with Crippen LogP contribution in [0.25, 0.3) is 0 Å². The number of rotatable bonds is 3. The highest BCUT2D eigenvalue weighted by Gasteiger charge is 2.22. The Labute approximate surface area is 124 Å². The Balaban J connectivity index is 2.52. The minimum Gasteiger partial charge on any atom is -0.277 e. The van der Waals surface area contributed by atoms with Gasteiger partial charge in [0, 0.05) is 5.02 Å². The van der Waals surface area contributed by atoms with Gasteiger partial charge in [0.1, 0.15) is 28.2 Å². The quantitative estimate of drug-likeness (QED) is 0.939. The van der Waals surface area contributed by atoms with Crippen LogP contribution in [0.2, 0.25) is 5.02 Å². The first-order chi connectivity index (χ1) is 9.85. The Bertz CT molecular complexity index is 848. The van der Waals surface area contributed by atoms with Crippen molar-refractivity contribution in [2.24, 2.45) is 0 Å². The van der Waals surface area contributed by atoms with Crippen LogP contribution in [0.1, 0.15) is 5.56 Å². The zero-order chi connectivity index (χ0) is 15.6. The fraction of sp³-hybridized carbons (Fsp3) is 0. The molecule has 0 saturated carbocycles. The van der Waals surface area contributed by atoms with Crippen LogP contribution in [-0.4, -0.2) is 8.42 Å². The van der Waals surface area contributed by atoms with Crippen LogP contribution < -0.4 is 4.72 Å².